The van der Waals surface area contributed by atoms with Crippen LogP contribution < -0.4 is 0 Å². The lowest BCUT2D eigenvalue weighted by Gasteiger charge is -2.12. The third-order valence-electron chi connectivity index (χ3n) is 2.46. The van der Waals surface area contributed by atoms with Gasteiger partial charge in [-0.25, -0.2) is 0 Å². The minimum Gasteiger partial charge on any atom is -0.456 e. The van der Waals surface area contributed by atoms with Crippen molar-refractivity contribution in [2.24, 2.45) is 0 Å². The van der Waals surface area contributed by atoms with Gasteiger partial charge in [0.2, 0.25) is 5.78 Å². The van der Waals surface area contributed by atoms with E-state index in [0.29, 0.717) is 18.5 Å². The fraction of sp³-hybridized carbons (Fsp3) is 0.154. The van der Waals surface area contributed by atoms with Crippen molar-refractivity contribution in [2.75, 3.05) is 0 Å². The number of thiophene rings is 1. The number of hydrogen-bond acceptors (Lipinski definition) is 5. The first-order chi connectivity index (χ1) is 8.81. The highest BCUT2D eigenvalue weighted by molar-refractivity contribution is 7.07. The molecule has 0 saturated heterocycles. The fourth-order valence-electron chi connectivity index (χ4n) is 1.59. The summed E-state index contributed by atoms with van der Waals surface area (Å²) in [5.41, 5.74) is 1.42. The van der Waals surface area contributed by atoms with Gasteiger partial charge in [0.05, 0.1) is 0 Å². The van der Waals surface area contributed by atoms with E-state index < -0.39 is 6.10 Å². The topological polar surface area (TPSA) is 56.3 Å². The number of carbonyl (C=O) groups is 2. The summed E-state index contributed by atoms with van der Waals surface area (Å²) < 4.78 is 4.88. The van der Waals surface area contributed by atoms with Crippen LogP contribution in [0.15, 0.2) is 41.4 Å². The Morgan fingerprint density at radius 1 is 1.50 bits per heavy atom. The van der Waals surface area contributed by atoms with Crippen LogP contribution in [0.2, 0.25) is 0 Å². The van der Waals surface area contributed by atoms with Crippen LogP contribution in [-0.4, -0.2) is 23.3 Å². The summed E-state index contributed by atoms with van der Waals surface area (Å²) in [7, 11) is 0. The molecule has 2 heterocycles. The number of rotatable bonds is 6. The van der Waals surface area contributed by atoms with E-state index in [4.69, 9.17) is 4.74 Å². The lowest BCUT2D eigenvalue weighted by molar-refractivity contribution is -0.131. The van der Waals surface area contributed by atoms with Crippen LogP contribution in [0, 0.1) is 0 Å². The molecule has 4 nitrogen and oxygen atoms in total. The SMILES string of the molecule is O=COC(Cc1ccsc1)C(=O)c1cccnc1. The van der Waals surface area contributed by atoms with Crippen molar-refractivity contribution >= 4 is 23.6 Å². The Bertz CT molecular complexity index is 510. The number of ketones is 1. The molecule has 18 heavy (non-hydrogen) atoms. The van der Waals surface area contributed by atoms with E-state index in [1.165, 1.54) is 17.5 Å². The first kappa shape index (κ1) is 12.4. The molecule has 5 heteroatoms. The molecule has 0 fully saturated rings. The highest BCUT2D eigenvalue weighted by Gasteiger charge is 2.22. The summed E-state index contributed by atoms with van der Waals surface area (Å²) in [5, 5.41) is 3.85. The van der Waals surface area contributed by atoms with Crippen molar-refractivity contribution in [1.82, 2.24) is 4.98 Å². The summed E-state index contributed by atoms with van der Waals surface area (Å²) in [6.07, 6.45) is 2.65. The van der Waals surface area contributed by atoms with Crippen LogP contribution >= 0.6 is 11.3 Å². The maximum absolute atomic E-state index is 12.1. The maximum atomic E-state index is 12.1. The molecule has 0 radical (unpaired) electrons. The average Bonchev–Trinajstić information content (AvgIpc) is 2.91. The van der Waals surface area contributed by atoms with E-state index in [0.717, 1.165) is 5.56 Å². The Labute approximate surface area is 108 Å². The lowest BCUT2D eigenvalue weighted by atomic mass is 10.0. The molecule has 2 aromatic heterocycles. The average molecular weight is 261 g/mol. The van der Waals surface area contributed by atoms with Crippen molar-refractivity contribution in [2.45, 2.75) is 12.5 Å². The molecule has 92 valence electrons. The lowest BCUT2D eigenvalue weighted by Crippen LogP contribution is -2.26. The summed E-state index contributed by atoms with van der Waals surface area (Å²) in [6, 6.07) is 5.24. The number of carbonyl (C=O) groups excluding carboxylic acids is 2. The van der Waals surface area contributed by atoms with Crippen molar-refractivity contribution in [3.8, 4) is 0 Å². The van der Waals surface area contributed by atoms with Crippen LogP contribution in [-0.2, 0) is 16.0 Å². The highest BCUT2D eigenvalue weighted by Crippen LogP contribution is 2.13. The van der Waals surface area contributed by atoms with Gasteiger partial charge in [-0.2, -0.15) is 11.3 Å². The number of ether oxygens (including phenoxy) is 1. The molecule has 0 aromatic carbocycles. The number of Topliss-reactive ketones (excluding diaryl/α,β-unsaturated/α-hetero) is 1. The Kier molecular flexibility index (Phi) is 4.20. The monoisotopic (exact) mass is 261 g/mol. The van der Waals surface area contributed by atoms with E-state index in [1.54, 1.807) is 18.3 Å². The number of nitrogens with zero attached hydrogens (tertiary/aromatic N) is 1. The maximum Gasteiger partial charge on any atom is 0.293 e. The second-order valence-electron chi connectivity index (χ2n) is 3.66. The van der Waals surface area contributed by atoms with Crippen molar-refractivity contribution in [3.05, 3.63) is 52.5 Å². The van der Waals surface area contributed by atoms with Gasteiger partial charge in [-0.3, -0.25) is 14.6 Å². The second kappa shape index (κ2) is 6.07. The summed E-state index contributed by atoms with van der Waals surface area (Å²) in [4.78, 5) is 26.5. The molecule has 0 aliphatic carbocycles. The molecule has 0 spiro atoms. The van der Waals surface area contributed by atoms with E-state index in [9.17, 15) is 9.59 Å². The van der Waals surface area contributed by atoms with Gasteiger partial charge in [0, 0.05) is 24.4 Å². The molecule has 1 atom stereocenters. The van der Waals surface area contributed by atoms with E-state index in [-0.39, 0.29) is 5.78 Å². The smallest absolute Gasteiger partial charge is 0.293 e. The molecule has 2 rings (SSSR count). The molecule has 2 aromatic rings. The normalized spacial score (nSPS) is 11.8. The molecule has 0 N–H and O–H groups in total. The molecule has 0 aliphatic heterocycles. The quantitative estimate of drug-likeness (QED) is 0.590. The fourth-order valence-corrected chi connectivity index (χ4v) is 2.27. The van der Waals surface area contributed by atoms with Gasteiger partial charge in [0.15, 0.2) is 6.10 Å². The van der Waals surface area contributed by atoms with Crippen LogP contribution in [0.25, 0.3) is 0 Å². The summed E-state index contributed by atoms with van der Waals surface area (Å²) in [6.45, 7) is 0.311. The number of pyridine rings is 1. The summed E-state index contributed by atoms with van der Waals surface area (Å²) in [5.74, 6) is -0.235. The van der Waals surface area contributed by atoms with Gasteiger partial charge in [0.25, 0.3) is 6.47 Å². The largest absolute Gasteiger partial charge is 0.456 e. The van der Waals surface area contributed by atoms with E-state index in [2.05, 4.69) is 4.98 Å². The van der Waals surface area contributed by atoms with Crippen LogP contribution in [0.5, 0.6) is 0 Å². The van der Waals surface area contributed by atoms with Crippen LogP contribution in [0.4, 0.5) is 0 Å². The van der Waals surface area contributed by atoms with Gasteiger partial charge >= 0.3 is 0 Å². The number of hydrogen-bond donors (Lipinski definition) is 0. The Balaban J connectivity index is 2.14. The van der Waals surface area contributed by atoms with Crippen LogP contribution in [0.3, 0.4) is 0 Å². The van der Waals surface area contributed by atoms with Gasteiger partial charge in [-0.15, -0.1) is 0 Å². The van der Waals surface area contributed by atoms with Crippen molar-refractivity contribution < 1.29 is 14.3 Å². The zero-order valence-corrected chi connectivity index (χ0v) is 10.3. The molecular weight excluding hydrogens is 250 g/mol. The Hall–Kier alpha value is -2.01. The first-order valence-electron chi connectivity index (χ1n) is 5.35. The number of aromatic nitrogens is 1. The van der Waals surface area contributed by atoms with Gasteiger partial charge in [-0.05, 0) is 34.5 Å². The molecule has 1 unspecified atom stereocenters. The van der Waals surface area contributed by atoms with Gasteiger partial charge < -0.3 is 4.74 Å². The molecule has 0 aliphatic rings. The standard InChI is InChI=1S/C13H11NO3S/c15-9-17-12(6-10-3-5-18-8-10)13(16)11-2-1-4-14-7-11/h1-5,7-9,12H,6H2. The summed E-state index contributed by atoms with van der Waals surface area (Å²) >= 11 is 1.54. The third kappa shape index (κ3) is 3.01. The predicted molar refractivity (Wildman–Crippen MR) is 67.5 cm³/mol. The zero-order valence-electron chi connectivity index (χ0n) is 9.48. The molecule has 0 amide bonds. The second-order valence-corrected chi connectivity index (χ2v) is 4.44. The van der Waals surface area contributed by atoms with Crippen molar-refractivity contribution in [3.63, 3.8) is 0 Å². The van der Waals surface area contributed by atoms with Crippen molar-refractivity contribution in [1.29, 1.82) is 0 Å². The van der Waals surface area contributed by atoms with Gasteiger partial charge in [-0.1, -0.05) is 0 Å². The Morgan fingerprint density at radius 3 is 3.00 bits per heavy atom. The predicted octanol–water partition coefficient (Wildman–Crippen LogP) is 2.11. The molecule has 0 bridgehead atoms. The minimum absolute atomic E-state index is 0.235. The van der Waals surface area contributed by atoms with Crippen LogP contribution in [0.1, 0.15) is 15.9 Å². The highest BCUT2D eigenvalue weighted by atomic mass is 32.1. The Morgan fingerprint density at radius 2 is 2.39 bits per heavy atom. The van der Waals surface area contributed by atoms with E-state index >= 15 is 0 Å². The minimum atomic E-state index is -0.790. The zero-order chi connectivity index (χ0) is 12.8. The van der Waals surface area contributed by atoms with E-state index in [1.807, 2.05) is 16.8 Å². The van der Waals surface area contributed by atoms with Gasteiger partial charge in [0.1, 0.15) is 0 Å². The molecular formula is C13H11NO3S. The molecule has 0 saturated carbocycles. The third-order valence-corrected chi connectivity index (χ3v) is 3.19. The first-order valence-corrected chi connectivity index (χ1v) is 6.30.